The van der Waals surface area contributed by atoms with Crippen LogP contribution < -0.4 is 14.8 Å². The Bertz CT molecular complexity index is 582. The zero-order valence-electron chi connectivity index (χ0n) is 11.5. The molecule has 0 bridgehead atoms. The highest BCUT2D eigenvalue weighted by molar-refractivity contribution is 5.43. The van der Waals surface area contributed by atoms with E-state index < -0.39 is 0 Å². The number of benzene rings is 1. The predicted molar refractivity (Wildman–Crippen MR) is 73.8 cm³/mol. The van der Waals surface area contributed by atoms with Gasteiger partial charge in [-0.1, -0.05) is 6.07 Å². The molecule has 0 amide bonds. The lowest BCUT2D eigenvalue weighted by Crippen LogP contribution is -2.19. The number of aromatic nitrogens is 3. The molecule has 0 saturated carbocycles. The van der Waals surface area contributed by atoms with Gasteiger partial charge in [-0.05, 0) is 17.7 Å². The molecule has 2 aromatic rings. The third-order valence-corrected chi connectivity index (χ3v) is 3.27. The van der Waals surface area contributed by atoms with Crippen LogP contribution in [0.2, 0.25) is 0 Å². The minimum Gasteiger partial charge on any atom is -0.486 e. The highest BCUT2D eigenvalue weighted by Gasteiger charge is 2.11. The van der Waals surface area contributed by atoms with Gasteiger partial charge in [0.15, 0.2) is 11.5 Å². The van der Waals surface area contributed by atoms with E-state index in [4.69, 9.17) is 9.47 Å². The molecule has 1 aromatic carbocycles. The minimum atomic E-state index is 0.621. The number of nitrogens with one attached hydrogen (secondary N) is 1. The van der Waals surface area contributed by atoms with E-state index in [0.717, 1.165) is 36.8 Å². The summed E-state index contributed by atoms with van der Waals surface area (Å²) in [4.78, 5) is 0. The molecule has 0 unspecified atom stereocenters. The first-order chi connectivity index (χ1) is 9.83. The molecule has 106 valence electrons. The van der Waals surface area contributed by atoms with E-state index in [1.807, 2.05) is 23.7 Å². The SMILES string of the molecule is Cn1cnnc1CCNCc1ccc2c(c1)OCCO2. The lowest BCUT2D eigenvalue weighted by molar-refractivity contribution is 0.171. The Morgan fingerprint density at radius 2 is 2.10 bits per heavy atom. The van der Waals surface area contributed by atoms with Crippen molar-refractivity contribution in [3.8, 4) is 11.5 Å². The standard InChI is InChI=1S/C14H18N4O2/c1-18-10-16-17-14(18)4-5-15-9-11-2-3-12-13(8-11)20-7-6-19-12/h2-3,8,10,15H,4-7,9H2,1H3. The summed E-state index contributed by atoms with van der Waals surface area (Å²) in [6, 6.07) is 6.06. The summed E-state index contributed by atoms with van der Waals surface area (Å²) in [6.07, 6.45) is 2.58. The molecule has 0 radical (unpaired) electrons. The Morgan fingerprint density at radius 3 is 2.90 bits per heavy atom. The van der Waals surface area contributed by atoms with E-state index in [2.05, 4.69) is 21.6 Å². The molecule has 1 aromatic heterocycles. The number of nitrogens with zero attached hydrogens (tertiary/aromatic N) is 3. The van der Waals surface area contributed by atoms with E-state index >= 15 is 0 Å². The average Bonchev–Trinajstić information content (AvgIpc) is 2.89. The second kappa shape index (κ2) is 5.92. The van der Waals surface area contributed by atoms with Gasteiger partial charge in [0.1, 0.15) is 25.4 Å². The Labute approximate surface area is 117 Å². The van der Waals surface area contributed by atoms with Crippen molar-refractivity contribution in [2.24, 2.45) is 7.05 Å². The molecule has 6 nitrogen and oxygen atoms in total. The largest absolute Gasteiger partial charge is 0.486 e. The van der Waals surface area contributed by atoms with E-state index in [1.165, 1.54) is 5.56 Å². The lowest BCUT2D eigenvalue weighted by atomic mass is 10.2. The first-order valence-electron chi connectivity index (χ1n) is 6.75. The normalized spacial score (nSPS) is 13.4. The van der Waals surface area contributed by atoms with Crippen LogP contribution in [-0.2, 0) is 20.0 Å². The molecule has 2 heterocycles. The molecule has 1 aliphatic rings. The lowest BCUT2D eigenvalue weighted by Gasteiger charge is -2.19. The fraction of sp³-hybridized carbons (Fsp3) is 0.429. The van der Waals surface area contributed by atoms with Gasteiger partial charge in [0.25, 0.3) is 0 Å². The number of hydrogen-bond donors (Lipinski definition) is 1. The summed E-state index contributed by atoms with van der Waals surface area (Å²) >= 11 is 0. The van der Waals surface area contributed by atoms with Gasteiger partial charge in [-0.3, -0.25) is 0 Å². The van der Waals surface area contributed by atoms with Crippen LogP contribution in [0.1, 0.15) is 11.4 Å². The van der Waals surface area contributed by atoms with Crippen molar-refractivity contribution < 1.29 is 9.47 Å². The maximum absolute atomic E-state index is 5.57. The molecular formula is C14H18N4O2. The van der Waals surface area contributed by atoms with E-state index in [0.29, 0.717) is 13.2 Å². The monoisotopic (exact) mass is 274 g/mol. The van der Waals surface area contributed by atoms with Crippen molar-refractivity contribution in [2.75, 3.05) is 19.8 Å². The number of ether oxygens (including phenoxy) is 2. The van der Waals surface area contributed by atoms with Crippen molar-refractivity contribution in [3.63, 3.8) is 0 Å². The summed E-state index contributed by atoms with van der Waals surface area (Å²) in [7, 11) is 1.95. The highest BCUT2D eigenvalue weighted by Crippen LogP contribution is 2.30. The van der Waals surface area contributed by atoms with Crippen molar-refractivity contribution in [2.45, 2.75) is 13.0 Å². The fourth-order valence-corrected chi connectivity index (χ4v) is 2.16. The predicted octanol–water partition coefficient (Wildman–Crippen LogP) is 0.919. The number of aryl methyl sites for hydroxylation is 1. The van der Waals surface area contributed by atoms with Gasteiger partial charge < -0.3 is 19.4 Å². The van der Waals surface area contributed by atoms with Gasteiger partial charge >= 0.3 is 0 Å². The number of hydrogen-bond acceptors (Lipinski definition) is 5. The summed E-state index contributed by atoms with van der Waals surface area (Å²) in [5.74, 6) is 2.66. The van der Waals surface area contributed by atoms with E-state index in [-0.39, 0.29) is 0 Å². The quantitative estimate of drug-likeness (QED) is 0.822. The molecule has 1 aliphatic heterocycles. The minimum absolute atomic E-state index is 0.621. The molecular weight excluding hydrogens is 256 g/mol. The maximum Gasteiger partial charge on any atom is 0.161 e. The van der Waals surface area contributed by atoms with Crippen molar-refractivity contribution in [3.05, 3.63) is 35.9 Å². The average molecular weight is 274 g/mol. The molecule has 20 heavy (non-hydrogen) atoms. The third kappa shape index (κ3) is 2.91. The second-order valence-corrected chi connectivity index (χ2v) is 4.76. The smallest absolute Gasteiger partial charge is 0.161 e. The molecule has 0 fully saturated rings. The number of fused-ring (bicyclic) bond motifs is 1. The van der Waals surface area contributed by atoms with Gasteiger partial charge in [-0.15, -0.1) is 10.2 Å². The van der Waals surface area contributed by atoms with Crippen molar-refractivity contribution >= 4 is 0 Å². The Balaban J connectivity index is 1.50. The van der Waals surface area contributed by atoms with Gasteiger partial charge in [-0.25, -0.2) is 0 Å². The highest BCUT2D eigenvalue weighted by atomic mass is 16.6. The Morgan fingerprint density at radius 1 is 1.25 bits per heavy atom. The first kappa shape index (κ1) is 12.9. The second-order valence-electron chi connectivity index (χ2n) is 4.76. The van der Waals surface area contributed by atoms with Gasteiger partial charge in [0, 0.05) is 26.6 Å². The maximum atomic E-state index is 5.57. The van der Waals surface area contributed by atoms with Crippen LogP contribution in [0, 0.1) is 0 Å². The zero-order chi connectivity index (χ0) is 13.8. The third-order valence-electron chi connectivity index (χ3n) is 3.27. The first-order valence-corrected chi connectivity index (χ1v) is 6.75. The van der Waals surface area contributed by atoms with Gasteiger partial charge in [0.2, 0.25) is 0 Å². The fourth-order valence-electron chi connectivity index (χ4n) is 2.16. The molecule has 0 aliphatic carbocycles. The summed E-state index contributed by atoms with van der Waals surface area (Å²) in [5, 5.41) is 11.3. The van der Waals surface area contributed by atoms with Crippen LogP contribution in [0.5, 0.6) is 11.5 Å². The van der Waals surface area contributed by atoms with Crippen LogP contribution in [0.15, 0.2) is 24.5 Å². The molecule has 0 spiro atoms. The number of rotatable bonds is 5. The topological polar surface area (TPSA) is 61.2 Å². The van der Waals surface area contributed by atoms with Gasteiger partial charge in [-0.2, -0.15) is 0 Å². The van der Waals surface area contributed by atoms with Crippen LogP contribution in [0.25, 0.3) is 0 Å². The van der Waals surface area contributed by atoms with Gasteiger partial charge in [0.05, 0.1) is 0 Å². The summed E-state index contributed by atoms with van der Waals surface area (Å²) in [5.41, 5.74) is 1.19. The van der Waals surface area contributed by atoms with E-state index in [1.54, 1.807) is 6.33 Å². The Hall–Kier alpha value is -2.08. The molecule has 6 heteroatoms. The summed E-state index contributed by atoms with van der Waals surface area (Å²) in [6.45, 7) is 2.91. The summed E-state index contributed by atoms with van der Waals surface area (Å²) < 4.78 is 13.0. The molecule has 3 rings (SSSR count). The van der Waals surface area contributed by atoms with E-state index in [9.17, 15) is 0 Å². The van der Waals surface area contributed by atoms with Crippen LogP contribution in [0.4, 0.5) is 0 Å². The molecule has 1 N–H and O–H groups in total. The van der Waals surface area contributed by atoms with Crippen molar-refractivity contribution in [1.29, 1.82) is 0 Å². The Kier molecular flexibility index (Phi) is 3.83. The van der Waals surface area contributed by atoms with Crippen LogP contribution >= 0.6 is 0 Å². The van der Waals surface area contributed by atoms with Crippen molar-refractivity contribution in [1.82, 2.24) is 20.1 Å². The van der Waals surface area contributed by atoms with Crippen LogP contribution in [-0.4, -0.2) is 34.5 Å². The molecule has 0 saturated heterocycles. The van der Waals surface area contributed by atoms with Crippen LogP contribution in [0.3, 0.4) is 0 Å². The molecule has 0 atom stereocenters. The zero-order valence-corrected chi connectivity index (χ0v) is 11.5.